The van der Waals surface area contributed by atoms with Crippen molar-refractivity contribution >= 4 is 27.8 Å². The fourth-order valence-electron chi connectivity index (χ4n) is 1.42. The predicted molar refractivity (Wildman–Crippen MR) is 68.1 cm³/mol. The van der Waals surface area contributed by atoms with Gasteiger partial charge >= 0.3 is 5.97 Å². The van der Waals surface area contributed by atoms with Crippen LogP contribution in [0.5, 0.6) is 0 Å². The van der Waals surface area contributed by atoms with Gasteiger partial charge in [0.1, 0.15) is 0 Å². The molecule has 0 saturated carbocycles. The maximum absolute atomic E-state index is 11.8. The Kier molecular flexibility index (Phi) is 4.69. The highest BCUT2D eigenvalue weighted by Crippen LogP contribution is 2.18. The fourth-order valence-corrected chi connectivity index (χ4v) is 2.09. The van der Waals surface area contributed by atoms with Gasteiger partial charge in [-0.05, 0) is 47.5 Å². The van der Waals surface area contributed by atoms with E-state index in [0.29, 0.717) is 10.0 Å². The van der Waals surface area contributed by atoms with Crippen LogP contribution in [0.4, 0.5) is 0 Å². The van der Waals surface area contributed by atoms with Crippen LogP contribution in [-0.4, -0.2) is 23.0 Å². The zero-order chi connectivity index (χ0) is 13.0. The number of nitrogens with one attached hydrogen (secondary N) is 1. The Hall–Kier alpha value is -1.36. The Labute approximate surface area is 108 Å². The highest BCUT2D eigenvalue weighted by Gasteiger charge is 2.14. The third-order valence-electron chi connectivity index (χ3n) is 2.23. The molecule has 0 bridgehead atoms. The predicted octanol–water partition coefficient (Wildman–Crippen LogP) is 2.35. The number of carboxylic acid groups (broad SMARTS) is 1. The van der Waals surface area contributed by atoms with Gasteiger partial charge in [0.2, 0.25) is 0 Å². The number of aliphatic carboxylic acids is 1. The minimum Gasteiger partial charge on any atom is -0.481 e. The number of hydrogen-bond acceptors (Lipinski definition) is 2. The van der Waals surface area contributed by atoms with E-state index >= 15 is 0 Å². The van der Waals surface area contributed by atoms with Crippen LogP contribution in [0.25, 0.3) is 0 Å². The van der Waals surface area contributed by atoms with Gasteiger partial charge in [-0.25, -0.2) is 0 Å². The molecule has 1 rings (SSSR count). The summed E-state index contributed by atoms with van der Waals surface area (Å²) in [6, 6.07) is 4.99. The Bertz CT molecular complexity index is 445. The monoisotopic (exact) mass is 299 g/mol. The third kappa shape index (κ3) is 4.19. The average Bonchev–Trinajstić information content (AvgIpc) is 2.15. The Morgan fingerprint density at radius 2 is 2.12 bits per heavy atom. The highest BCUT2D eigenvalue weighted by atomic mass is 79.9. The van der Waals surface area contributed by atoms with Gasteiger partial charge in [0.25, 0.3) is 5.91 Å². The number of carbonyl (C=O) groups excluding carboxylic acids is 1. The van der Waals surface area contributed by atoms with Gasteiger partial charge in [0.15, 0.2) is 0 Å². The van der Waals surface area contributed by atoms with Gasteiger partial charge < -0.3 is 10.4 Å². The quantitative estimate of drug-likeness (QED) is 0.897. The van der Waals surface area contributed by atoms with Crippen LogP contribution in [0.1, 0.15) is 29.3 Å². The van der Waals surface area contributed by atoms with Crippen molar-refractivity contribution in [3.8, 4) is 0 Å². The van der Waals surface area contributed by atoms with E-state index in [2.05, 4.69) is 21.2 Å². The summed E-state index contributed by atoms with van der Waals surface area (Å²) in [5.74, 6) is -1.20. The van der Waals surface area contributed by atoms with E-state index in [0.717, 1.165) is 5.56 Å². The number of hydrogen-bond donors (Lipinski definition) is 2. The van der Waals surface area contributed by atoms with E-state index in [1.165, 1.54) is 0 Å². The molecule has 0 saturated heterocycles. The Morgan fingerprint density at radius 1 is 1.47 bits per heavy atom. The zero-order valence-corrected chi connectivity index (χ0v) is 11.2. The van der Waals surface area contributed by atoms with Crippen molar-refractivity contribution in [3.05, 3.63) is 33.8 Å². The fraction of sp³-hybridized carbons (Fsp3) is 0.333. The van der Waals surface area contributed by atoms with Gasteiger partial charge in [-0.15, -0.1) is 0 Å². The lowest BCUT2D eigenvalue weighted by molar-refractivity contribution is -0.137. The van der Waals surface area contributed by atoms with Crippen molar-refractivity contribution in [1.82, 2.24) is 5.32 Å². The first kappa shape index (κ1) is 13.7. The number of halogens is 1. The summed E-state index contributed by atoms with van der Waals surface area (Å²) in [6.45, 7) is 3.59. The highest BCUT2D eigenvalue weighted by molar-refractivity contribution is 9.10. The molecule has 5 heteroatoms. The third-order valence-corrected chi connectivity index (χ3v) is 2.88. The van der Waals surface area contributed by atoms with Crippen molar-refractivity contribution in [3.63, 3.8) is 0 Å². The van der Waals surface area contributed by atoms with Crippen molar-refractivity contribution in [2.24, 2.45) is 0 Å². The summed E-state index contributed by atoms with van der Waals surface area (Å²) in [4.78, 5) is 22.3. The van der Waals surface area contributed by atoms with Gasteiger partial charge in [0.05, 0.1) is 12.0 Å². The second-order valence-electron chi connectivity index (χ2n) is 3.96. The summed E-state index contributed by atoms with van der Waals surface area (Å²) >= 11 is 3.31. The van der Waals surface area contributed by atoms with E-state index in [9.17, 15) is 9.59 Å². The normalized spacial score (nSPS) is 11.9. The van der Waals surface area contributed by atoms with Crippen LogP contribution in [0.3, 0.4) is 0 Å². The molecule has 92 valence electrons. The summed E-state index contributed by atoms with van der Waals surface area (Å²) in [5, 5.41) is 11.2. The molecule has 17 heavy (non-hydrogen) atoms. The number of carbonyl (C=O) groups is 2. The molecule has 1 unspecified atom stereocenters. The molecular formula is C12H14BrNO3. The number of amides is 1. The van der Waals surface area contributed by atoms with Gasteiger partial charge in [-0.1, -0.05) is 6.07 Å². The standard InChI is InChI=1S/C12H14BrNO3/c1-7-3-4-9(10(13)5-7)12(17)14-8(2)6-11(15)16/h3-5,8H,6H2,1-2H3,(H,14,17)(H,15,16). The smallest absolute Gasteiger partial charge is 0.305 e. The van der Waals surface area contributed by atoms with E-state index in [-0.39, 0.29) is 12.3 Å². The molecule has 2 N–H and O–H groups in total. The van der Waals surface area contributed by atoms with Crippen LogP contribution < -0.4 is 5.32 Å². The number of benzene rings is 1. The van der Waals surface area contributed by atoms with Crippen molar-refractivity contribution in [2.75, 3.05) is 0 Å². The molecule has 0 heterocycles. The lowest BCUT2D eigenvalue weighted by atomic mass is 10.1. The lowest BCUT2D eigenvalue weighted by Crippen LogP contribution is -2.34. The molecule has 1 aromatic carbocycles. The van der Waals surface area contributed by atoms with E-state index in [4.69, 9.17) is 5.11 Å². The topological polar surface area (TPSA) is 66.4 Å². The summed E-state index contributed by atoms with van der Waals surface area (Å²) in [6.07, 6.45) is -0.0881. The number of aryl methyl sites for hydroxylation is 1. The molecule has 4 nitrogen and oxygen atoms in total. The molecule has 0 aliphatic heterocycles. The summed E-state index contributed by atoms with van der Waals surface area (Å²) in [5.41, 5.74) is 1.56. The maximum Gasteiger partial charge on any atom is 0.305 e. The number of rotatable bonds is 4. The Balaban J connectivity index is 2.73. The van der Waals surface area contributed by atoms with E-state index in [1.54, 1.807) is 13.0 Å². The van der Waals surface area contributed by atoms with Crippen molar-refractivity contribution in [2.45, 2.75) is 26.3 Å². The molecule has 0 fully saturated rings. The molecule has 0 radical (unpaired) electrons. The van der Waals surface area contributed by atoms with Crippen LogP contribution in [0.2, 0.25) is 0 Å². The first-order valence-electron chi connectivity index (χ1n) is 5.19. The van der Waals surface area contributed by atoms with Crippen molar-refractivity contribution < 1.29 is 14.7 Å². The molecule has 1 amide bonds. The first-order chi connectivity index (χ1) is 7.90. The molecule has 0 spiro atoms. The Morgan fingerprint density at radius 3 is 2.65 bits per heavy atom. The minimum absolute atomic E-state index is 0.0881. The molecule has 0 aliphatic rings. The first-order valence-corrected chi connectivity index (χ1v) is 5.98. The molecule has 1 aromatic rings. The van der Waals surface area contributed by atoms with E-state index < -0.39 is 12.0 Å². The van der Waals surface area contributed by atoms with Crippen LogP contribution in [-0.2, 0) is 4.79 Å². The SMILES string of the molecule is Cc1ccc(C(=O)NC(C)CC(=O)O)c(Br)c1. The van der Waals surface area contributed by atoms with Gasteiger partial charge in [0, 0.05) is 10.5 Å². The van der Waals surface area contributed by atoms with Crippen molar-refractivity contribution in [1.29, 1.82) is 0 Å². The molecule has 0 aromatic heterocycles. The van der Waals surface area contributed by atoms with Gasteiger partial charge in [-0.3, -0.25) is 9.59 Å². The summed E-state index contributed by atoms with van der Waals surface area (Å²) in [7, 11) is 0. The lowest BCUT2D eigenvalue weighted by Gasteiger charge is -2.12. The van der Waals surface area contributed by atoms with Crippen LogP contribution in [0.15, 0.2) is 22.7 Å². The zero-order valence-electron chi connectivity index (χ0n) is 9.66. The second kappa shape index (κ2) is 5.82. The minimum atomic E-state index is -0.930. The molecule has 0 aliphatic carbocycles. The van der Waals surface area contributed by atoms with Gasteiger partial charge in [-0.2, -0.15) is 0 Å². The average molecular weight is 300 g/mol. The molecule has 1 atom stereocenters. The maximum atomic E-state index is 11.8. The van der Waals surface area contributed by atoms with Crippen LogP contribution >= 0.6 is 15.9 Å². The van der Waals surface area contributed by atoms with Crippen LogP contribution in [0, 0.1) is 6.92 Å². The summed E-state index contributed by atoms with van der Waals surface area (Å²) < 4.78 is 0.706. The largest absolute Gasteiger partial charge is 0.481 e. The molecular weight excluding hydrogens is 286 g/mol. The second-order valence-corrected chi connectivity index (χ2v) is 4.81. The van der Waals surface area contributed by atoms with E-state index in [1.807, 2.05) is 19.1 Å². The number of carboxylic acids is 1.